The van der Waals surface area contributed by atoms with Crippen LogP contribution in [0.4, 0.5) is 0 Å². The normalized spacial score (nSPS) is 10.9. The molecule has 84 valence electrons. The molecule has 1 heterocycles. The maximum atomic E-state index is 11.7. The average Bonchev–Trinajstić information content (AvgIpc) is 2.63. The van der Waals surface area contributed by atoms with Crippen LogP contribution in [0.1, 0.15) is 37.2 Å². The molecule has 2 N–H and O–H groups in total. The van der Waals surface area contributed by atoms with Crippen molar-refractivity contribution in [2.75, 3.05) is 6.54 Å². The Morgan fingerprint density at radius 2 is 2.33 bits per heavy atom. The molecule has 0 bridgehead atoms. The summed E-state index contributed by atoms with van der Waals surface area (Å²) in [5.41, 5.74) is 5.97. The van der Waals surface area contributed by atoms with Gasteiger partial charge in [-0.2, -0.15) is 0 Å². The lowest BCUT2D eigenvalue weighted by Crippen LogP contribution is -2.08. The topological polar surface area (TPSA) is 60.9 Å². The van der Waals surface area contributed by atoms with E-state index in [1.807, 2.05) is 4.57 Å². The number of nitrogens with two attached hydrogens (primary N) is 1. The van der Waals surface area contributed by atoms with Crippen molar-refractivity contribution < 1.29 is 4.79 Å². The Bertz CT molecular complexity index is 317. The maximum absolute atomic E-state index is 11.7. The molecule has 0 aliphatic rings. The second kappa shape index (κ2) is 5.66. The largest absolute Gasteiger partial charge is 0.335 e. The summed E-state index contributed by atoms with van der Waals surface area (Å²) >= 11 is 0. The molecular weight excluding hydrogens is 190 g/mol. The number of ketones is 1. The van der Waals surface area contributed by atoms with E-state index in [4.69, 9.17) is 5.73 Å². The number of Topliss-reactive ketones (excluding diaryl/α,β-unsaturated/α-hetero) is 1. The first-order chi connectivity index (χ1) is 7.13. The van der Waals surface area contributed by atoms with E-state index >= 15 is 0 Å². The number of carbonyl (C=O) groups is 1. The van der Waals surface area contributed by atoms with Gasteiger partial charge in [0.05, 0.1) is 6.33 Å². The van der Waals surface area contributed by atoms with E-state index in [1.165, 1.54) is 0 Å². The monoisotopic (exact) mass is 209 g/mol. The Hall–Kier alpha value is -1.16. The van der Waals surface area contributed by atoms with Crippen LogP contribution >= 0.6 is 0 Å². The third kappa shape index (κ3) is 3.83. The molecule has 1 aromatic rings. The van der Waals surface area contributed by atoms with E-state index in [0.717, 1.165) is 6.42 Å². The van der Waals surface area contributed by atoms with Gasteiger partial charge in [0.15, 0.2) is 5.78 Å². The molecule has 0 atom stereocenters. The molecule has 0 radical (unpaired) electrons. The molecular formula is C11H19N3O. The Kier molecular flexibility index (Phi) is 4.49. The SMILES string of the molecule is CC(C)CCC(=O)c1cn(CCN)cn1. The highest BCUT2D eigenvalue weighted by Crippen LogP contribution is 2.08. The minimum absolute atomic E-state index is 0.125. The van der Waals surface area contributed by atoms with E-state index in [1.54, 1.807) is 12.5 Å². The van der Waals surface area contributed by atoms with Gasteiger partial charge in [-0.25, -0.2) is 4.98 Å². The Morgan fingerprint density at radius 3 is 2.93 bits per heavy atom. The summed E-state index contributed by atoms with van der Waals surface area (Å²) in [5, 5.41) is 0. The van der Waals surface area contributed by atoms with Crippen molar-refractivity contribution in [3.8, 4) is 0 Å². The molecule has 0 aromatic carbocycles. The van der Waals surface area contributed by atoms with Crippen LogP contribution in [0.5, 0.6) is 0 Å². The van der Waals surface area contributed by atoms with Gasteiger partial charge >= 0.3 is 0 Å². The number of aromatic nitrogens is 2. The number of imidazole rings is 1. The number of nitrogens with zero attached hydrogens (tertiary/aromatic N) is 2. The lowest BCUT2D eigenvalue weighted by molar-refractivity contribution is 0.0971. The van der Waals surface area contributed by atoms with E-state index in [-0.39, 0.29) is 5.78 Å². The molecule has 4 heteroatoms. The van der Waals surface area contributed by atoms with Gasteiger partial charge in [0, 0.05) is 25.7 Å². The molecule has 4 nitrogen and oxygen atoms in total. The summed E-state index contributed by atoms with van der Waals surface area (Å²) in [7, 11) is 0. The summed E-state index contributed by atoms with van der Waals surface area (Å²) in [4.78, 5) is 15.7. The van der Waals surface area contributed by atoms with Gasteiger partial charge in [-0.3, -0.25) is 4.79 Å². The van der Waals surface area contributed by atoms with Crippen molar-refractivity contribution in [3.05, 3.63) is 18.2 Å². The summed E-state index contributed by atoms with van der Waals surface area (Å²) < 4.78 is 1.85. The van der Waals surface area contributed by atoms with Crippen LogP contribution in [0, 0.1) is 5.92 Å². The highest BCUT2D eigenvalue weighted by Gasteiger charge is 2.09. The molecule has 15 heavy (non-hydrogen) atoms. The zero-order chi connectivity index (χ0) is 11.3. The highest BCUT2D eigenvalue weighted by molar-refractivity contribution is 5.93. The van der Waals surface area contributed by atoms with Crippen molar-refractivity contribution in [2.24, 2.45) is 11.7 Å². The zero-order valence-electron chi connectivity index (χ0n) is 9.44. The Morgan fingerprint density at radius 1 is 1.60 bits per heavy atom. The van der Waals surface area contributed by atoms with Crippen molar-refractivity contribution in [1.29, 1.82) is 0 Å². The summed E-state index contributed by atoms with van der Waals surface area (Å²) in [6.07, 6.45) is 4.94. The van der Waals surface area contributed by atoms with Crippen LogP contribution in [0.25, 0.3) is 0 Å². The third-order valence-corrected chi connectivity index (χ3v) is 2.25. The molecule has 0 unspecified atom stereocenters. The maximum Gasteiger partial charge on any atom is 0.182 e. The van der Waals surface area contributed by atoms with Gasteiger partial charge in [0.1, 0.15) is 5.69 Å². The minimum Gasteiger partial charge on any atom is -0.335 e. The molecule has 1 aromatic heterocycles. The van der Waals surface area contributed by atoms with Gasteiger partial charge in [-0.15, -0.1) is 0 Å². The lowest BCUT2D eigenvalue weighted by Gasteiger charge is -2.01. The second-order valence-electron chi connectivity index (χ2n) is 4.14. The molecule has 0 aliphatic carbocycles. The van der Waals surface area contributed by atoms with Gasteiger partial charge in [-0.1, -0.05) is 13.8 Å². The van der Waals surface area contributed by atoms with Gasteiger partial charge in [0.25, 0.3) is 0 Å². The fourth-order valence-corrected chi connectivity index (χ4v) is 1.32. The van der Waals surface area contributed by atoms with Gasteiger partial charge in [-0.05, 0) is 12.3 Å². The standard InChI is InChI=1S/C11H19N3O/c1-9(2)3-4-11(15)10-7-14(6-5-12)8-13-10/h7-9H,3-6,12H2,1-2H3. The third-order valence-electron chi connectivity index (χ3n) is 2.25. The fraction of sp³-hybridized carbons (Fsp3) is 0.636. The number of hydrogen-bond acceptors (Lipinski definition) is 3. The number of hydrogen-bond donors (Lipinski definition) is 1. The number of carbonyl (C=O) groups excluding carboxylic acids is 1. The average molecular weight is 209 g/mol. The Labute approximate surface area is 90.5 Å². The number of rotatable bonds is 6. The van der Waals surface area contributed by atoms with Crippen molar-refractivity contribution in [3.63, 3.8) is 0 Å². The van der Waals surface area contributed by atoms with Crippen LogP contribution in [-0.4, -0.2) is 21.9 Å². The van der Waals surface area contributed by atoms with Crippen LogP contribution in [0.2, 0.25) is 0 Å². The molecule has 0 saturated heterocycles. The molecule has 0 amide bonds. The van der Waals surface area contributed by atoms with Crippen LogP contribution in [-0.2, 0) is 6.54 Å². The fourth-order valence-electron chi connectivity index (χ4n) is 1.32. The first kappa shape index (κ1) is 11.9. The van der Waals surface area contributed by atoms with Gasteiger partial charge in [0.2, 0.25) is 0 Å². The van der Waals surface area contributed by atoms with Gasteiger partial charge < -0.3 is 10.3 Å². The second-order valence-corrected chi connectivity index (χ2v) is 4.14. The summed E-state index contributed by atoms with van der Waals surface area (Å²) in [6, 6.07) is 0. The van der Waals surface area contributed by atoms with Crippen LogP contribution in [0.3, 0.4) is 0 Å². The predicted octanol–water partition coefficient (Wildman–Crippen LogP) is 1.46. The minimum atomic E-state index is 0.125. The van der Waals surface area contributed by atoms with E-state index in [2.05, 4.69) is 18.8 Å². The van der Waals surface area contributed by atoms with E-state index < -0.39 is 0 Å². The molecule has 1 rings (SSSR count). The molecule has 0 aliphatic heterocycles. The van der Waals surface area contributed by atoms with Crippen LogP contribution < -0.4 is 5.73 Å². The van der Waals surface area contributed by atoms with Crippen molar-refractivity contribution in [1.82, 2.24) is 9.55 Å². The summed E-state index contributed by atoms with van der Waals surface area (Å²) in [5.74, 6) is 0.680. The van der Waals surface area contributed by atoms with E-state index in [0.29, 0.717) is 31.1 Å². The Balaban J connectivity index is 2.50. The molecule has 0 spiro atoms. The lowest BCUT2D eigenvalue weighted by atomic mass is 10.0. The first-order valence-electron chi connectivity index (χ1n) is 5.38. The van der Waals surface area contributed by atoms with Crippen LogP contribution in [0.15, 0.2) is 12.5 Å². The van der Waals surface area contributed by atoms with Crippen molar-refractivity contribution >= 4 is 5.78 Å². The van der Waals surface area contributed by atoms with Crippen molar-refractivity contribution in [2.45, 2.75) is 33.2 Å². The smallest absolute Gasteiger partial charge is 0.182 e. The highest BCUT2D eigenvalue weighted by atomic mass is 16.1. The molecule has 0 saturated carbocycles. The predicted molar refractivity (Wildman–Crippen MR) is 59.7 cm³/mol. The molecule has 0 fully saturated rings. The quantitative estimate of drug-likeness (QED) is 0.721. The zero-order valence-corrected chi connectivity index (χ0v) is 9.44. The van der Waals surface area contributed by atoms with E-state index in [9.17, 15) is 4.79 Å². The summed E-state index contributed by atoms with van der Waals surface area (Å²) in [6.45, 7) is 5.50. The first-order valence-corrected chi connectivity index (χ1v) is 5.38.